The van der Waals surface area contributed by atoms with Gasteiger partial charge in [0.15, 0.2) is 0 Å². The maximum absolute atomic E-state index is 11.5. The van der Waals surface area contributed by atoms with Gasteiger partial charge in [0.25, 0.3) is 0 Å². The van der Waals surface area contributed by atoms with Crippen LogP contribution in [0.4, 0.5) is 0 Å². The Morgan fingerprint density at radius 1 is 1.24 bits per heavy atom. The van der Waals surface area contributed by atoms with Crippen molar-refractivity contribution in [3.8, 4) is 5.69 Å². The van der Waals surface area contributed by atoms with Gasteiger partial charge >= 0.3 is 0 Å². The van der Waals surface area contributed by atoms with Crippen molar-refractivity contribution in [2.45, 2.75) is 32.9 Å². The summed E-state index contributed by atoms with van der Waals surface area (Å²) in [5.41, 5.74) is 2.00. The predicted octanol–water partition coefficient (Wildman–Crippen LogP) is 1.88. The second kappa shape index (κ2) is 7.59. The topological polar surface area (TPSA) is 59.0 Å². The predicted molar refractivity (Wildman–Crippen MR) is 83.2 cm³/mol. The molecule has 2 aromatic rings. The summed E-state index contributed by atoms with van der Waals surface area (Å²) in [4.78, 5) is 11.5. The number of nitrogens with zero attached hydrogens (tertiary/aromatic N) is 2. The number of nitrogens with one attached hydrogen (secondary N) is 2. The van der Waals surface area contributed by atoms with Crippen molar-refractivity contribution in [1.82, 2.24) is 20.4 Å². The standard InChI is InChI=1S/C16H22N4O/c1-13(2)18-16(21)8-10-17-12-14-9-11-20(19-14)15-6-4-3-5-7-15/h3-7,9,11,13,17H,8,10,12H2,1-2H3,(H,18,21). The van der Waals surface area contributed by atoms with Gasteiger partial charge in [0.1, 0.15) is 0 Å². The lowest BCUT2D eigenvalue weighted by Gasteiger charge is -2.08. The number of rotatable bonds is 7. The Hall–Kier alpha value is -2.14. The summed E-state index contributed by atoms with van der Waals surface area (Å²) in [5, 5.41) is 10.6. The highest BCUT2D eigenvalue weighted by Gasteiger charge is 2.03. The molecule has 1 heterocycles. The van der Waals surface area contributed by atoms with Crippen LogP contribution >= 0.6 is 0 Å². The van der Waals surface area contributed by atoms with E-state index in [1.165, 1.54) is 0 Å². The summed E-state index contributed by atoms with van der Waals surface area (Å²) in [6.07, 6.45) is 2.43. The quantitative estimate of drug-likeness (QED) is 0.764. The van der Waals surface area contributed by atoms with Crippen molar-refractivity contribution in [3.63, 3.8) is 0 Å². The molecule has 1 aromatic carbocycles. The van der Waals surface area contributed by atoms with Crippen LogP contribution in [0.25, 0.3) is 5.69 Å². The molecule has 0 saturated heterocycles. The highest BCUT2D eigenvalue weighted by Crippen LogP contribution is 2.06. The summed E-state index contributed by atoms with van der Waals surface area (Å²) >= 11 is 0. The van der Waals surface area contributed by atoms with Gasteiger partial charge in [-0.1, -0.05) is 18.2 Å². The van der Waals surface area contributed by atoms with E-state index in [4.69, 9.17) is 0 Å². The molecule has 0 spiro atoms. The van der Waals surface area contributed by atoms with E-state index < -0.39 is 0 Å². The van der Waals surface area contributed by atoms with Crippen LogP contribution in [0.2, 0.25) is 0 Å². The Morgan fingerprint density at radius 2 is 2.00 bits per heavy atom. The van der Waals surface area contributed by atoms with E-state index in [-0.39, 0.29) is 11.9 Å². The minimum absolute atomic E-state index is 0.0762. The lowest BCUT2D eigenvalue weighted by molar-refractivity contribution is -0.121. The molecule has 0 bridgehead atoms. The first kappa shape index (κ1) is 15.3. The normalized spacial score (nSPS) is 10.8. The van der Waals surface area contributed by atoms with Crippen LogP contribution in [-0.4, -0.2) is 28.3 Å². The lowest BCUT2D eigenvalue weighted by Crippen LogP contribution is -2.32. The monoisotopic (exact) mass is 286 g/mol. The first-order valence-electron chi connectivity index (χ1n) is 7.25. The summed E-state index contributed by atoms with van der Waals surface area (Å²) in [6.45, 7) is 5.23. The second-order valence-electron chi connectivity index (χ2n) is 5.24. The maximum Gasteiger partial charge on any atom is 0.221 e. The van der Waals surface area contributed by atoms with Crippen molar-refractivity contribution >= 4 is 5.91 Å². The molecule has 5 heteroatoms. The van der Waals surface area contributed by atoms with E-state index in [1.54, 1.807) is 0 Å². The molecule has 5 nitrogen and oxygen atoms in total. The Kier molecular flexibility index (Phi) is 5.51. The summed E-state index contributed by atoms with van der Waals surface area (Å²) < 4.78 is 1.85. The van der Waals surface area contributed by atoms with Gasteiger partial charge < -0.3 is 10.6 Å². The van der Waals surface area contributed by atoms with E-state index >= 15 is 0 Å². The number of carbonyl (C=O) groups excluding carboxylic acids is 1. The first-order chi connectivity index (χ1) is 10.1. The number of carbonyl (C=O) groups is 1. The van der Waals surface area contributed by atoms with Crippen LogP contribution in [0.1, 0.15) is 26.0 Å². The van der Waals surface area contributed by atoms with E-state index in [1.807, 2.05) is 61.1 Å². The summed E-state index contributed by atoms with van der Waals surface area (Å²) in [6, 6.07) is 12.2. The van der Waals surface area contributed by atoms with Gasteiger partial charge in [-0.15, -0.1) is 0 Å². The Bertz CT molecular complexity index is 563. The minimum Gasteiger partial charge on any atom is -0.354 e. The zero-order valence-electron chi connectivity index (χ0n) is 12.5. The van der Waals surface area contributed by atoms with Crippen LogP contribution in [0.15, 0.2) is 42.6 Å². The number of aromatic nitrogens is 2. The number of amides is 1. The fraction of sp³-hybridized carbons (Fsp3) is 0.375. The largest absolute Gasteiger partial charge is 0.354 e. The molecule has 0 atom stereocenters. The molecular formula is C16H22N4O. The molecule has 2 N–H and O–H groups in total. The molecule has 0 unspecified atom stereocenters. The number of para-hydroxylation sites is 1. The van der Waals surface area contributed by atoms with E-state index in [2.05, 4.69) is 15.7 Å². The molecule has 1 aromatic heterocycles. The van der Waals surface area contributed by atoms with Crippen LogP contribution in [0, 0.1) is 0 Å². The van der Waals surface area contributed by atoms with Gasteiger partial charge in [0.05, 0.1) is 11.4 Å². The molecule has 0 fully saturated rings. The minimum atomic E-state index is 0.0762. The van der Waals surface area contributed by atoms with Crippen LogP contribution in [0.3, 0.4) is 0 Å². The highest BCUT2D eigenvalue weighted by atomic mass is 16.1. The van der Waals surface area contributed by atoms with Gasteiger partial charge in [-0.3, -0.25) is 4.79 Å². The highest BCUT2D eigenvalue weighted by molar-refractivity contribution is 5.76. The smallest absolute Gasteiger partial charge is 0.221 e. The van der Waals surface area contributed by atoms with Gasteiger partial charge in [-0.05, 0) is 32.0 Å². The van der Waals surface area contributed by atoms with E-state index in [0.717, 1.165) is 11.4 Å². The third-order valence-electron chi connectivity index (χ3n) is 2.95. The number of hydrogen-bond acceptors (Lipinski definition) is 3. The Labute approximate surface area is 125 Å². The average molecular weight is 286 g/mol. The molecule has 21 heavy (non-hydrogen) atoms. The zero-order chi connectivity index (χ0) is 15.1. The van der Waals surface area contributed by atoms with Gasteiger partial charge in [-0.2, -0.15) is 5.10 Å². The van der Waals surface area contributed by atoms with Crippen molar-refractivity contribution < 1.29 is 4.79 Å². The van der Waals surface area contributed by atoms with Crippen molar-refractivity contribution in [2.24, 2.45) is 0 Å². The SMILES string of the molecule is CC(C)NC(=O)CCNCc1ccn(-c2ccccc2)n1. The molecular weight excluding hydrogens is 264 g/mol. The second-order valence-corrected chi connectivity index (χ2v) is 5.24. The van der Waals surface area contributed by atoms with E-state index in [0.29, 0.717) is 19.5 Å². The van der Waals surface area contributed by atoms with Crippen LogP contribution in [0.5, 0.6) is 0 Å². The zero-order valence-corrected chi connectivity index (χ0v) is 12.5. The molecule has 2 rings (SSSR count). The molecule has 0 aliphatic heterocycles. The number of benzene rings is 1. The van der Waals surface area contributed by atoms with Crippen LogP contribution < -0.4 is 10.6 Å². The summed E-state index contributed by atoms with van der Waals surface area (Å²) in [7, 11) is 0. The van der Waals surface area contributed by atoms with Gasteiger partial charge in [0, 0.05) is 31.7 Å². The Morgan fingerprint density at radius 3 is 2.71 bits per heavy atom. The molecule has 1 amide bonds. The summed E-state index contributed by atoms with van der Waals surface area (Å²) in [5.74, 6) is 0.0762. The van der Waals surface area contributed by atoms with Crippen molar-refractivity contribution in [3.05, 3.63) is 48.3 Å². The lowest BCUT2D eigenvalue weighted by atomic mass is 10.3. The van der Waals surface area contributed by atoms with Crippen LogP contribution in [-0.2, 0) is 11.3 Å². The molecule has 0 aliphatic carbocycles. The Balaban J connectivity index is 1.75. The maximum atomic E-state index is 11.5. The number of hydrogen-bond donors (Lipinski definition) is 2. The molecule has 0 aliphatic rings. The van der Waals surface area contributed by atoms with Gasteiger partial charge in [-0.25, -0.2) is 4.68 Å². The average Bonchev–Trinajstić information content (AvgIpc) is 2.93. The fourth-order valence-corrected chi connectivity index (χ4v) is 1.99. The van der Waals surface area contributed by atoms with Crippen molar-refractivity contribution in [1.29, 1.82) is 0 Å². The van der Waals surface area contributed by atoms with Crippen molar-refractivity contribution in [2.75, 3.05) is 6.54 Å². The first-order valence-corrected chi connectivity index (χ1v) is 7.25. The third-order valence-corrected chi connectivity index (χ3v) is 2.95. The van der Waals surface area contributed by atoms with E-state index in [9.17, 15) is 4.79 Å². The molecule has 112 valence electrons. The fourth-order valence-electron chi connectivity index (χ4n) is 1.99. The molecule has 0 radical (unpaired) electrons. The van der Waals surface area contributed by atoms with Gasteiger partial charge in [0.2, 0.25) is 5.91 Å². The molecule has 0 saturated carbocycles. The third kappa shape index (κ3) is 5.04.